The van der Waals surface area contributed by atoms with Crippen molar-refractivity contribution >= 4 is 16.6 Å². The highest BCUT2D eigenvalue weighted by Crippen LogP contribution is 2.23. The quantitative estimate of drug-likeness (QED) is 0.779. The van der Waals surface area contributed by atoms with Crippen LogP contribution < -0.4 is 5.73 Å². The molecule has 0 saturated heterocycles. The number of anilines is 1. The van der Waals surface area contributed by atoms with Crippen LogP contribution in [0.2, 0.25) is 0 Å². The fourth-order valence-electron chi connectivity index (χ4n) is 1.98. The monoisotopic (exact) mass is 203 g/mol. The van der Waals surface area contributed by atoms with Gasteiger partial charge in [0.2, 0.25) is 0 Å². The third-order valence-electron chi connectivity index (χ3n) is 2.91. The molecule has 0 saturated carbocycles. The summed E-state index contributed by atoms with van der Waals surface area (Å²) in [6.45, 7) is 4.38. The lowest BCUT2D eigenvalue weighted by atomic mass is 10.1. The van der Waals surface area contributed by atoms with Crippen molar-refractivity contribution in [1.29, 1.82) is 0 Å². The van der Waals surface area contributed by atoms with E-state index in [9.17, 15) is 0 Å². The van der Waals surface area contributed by atoms with Gasteiger partial charge in [-0.2, -0.15) is 5.10 Å². The topological polar surface area (TPSA) is 43.8 Å². The molecule has 1 heterocycles. The van der Waals surface area contributed by atoms with E-state index in [-0.39, 0.29) is 0 Å². The zero-order valence-corrected chi connectivity index (χ0v) is 9.27. The normalized spacial score (nSPS) is 11.4. The zero-order chi connectivity index (χ0) is 10.8. The third kappa shape index (κ3) is 1.69. The van der Waals surface area contributed by atoms with Crippen molar-refractivity contribution in [2.75, 3.05) is 5.73 Å². The molecule has 1 aromatic heterocycles. The highest BCUT2D eigenvalue weighted by Gasteiger charge is 2.10. The summed E-state index contributed by atoms with van der Waals surface area (Å²) in [5.74, 6) is 0. The first-order chi connectivity index (χ1) is 7.26. The Morgan fingerprint density at radius 1 is 1.33 bits per heavy atom. The standard InChI is InChI=1S/C12H17N3/c1-3-11(4-2)15-12-7-10(13)6-5-9(12)8-14-15/h5-8,11H,3-4,13H2,1-2H3. The molecule has 0 aliphatic carbocycles. The number of fused-ring (bicyclic) bond motifs is 1. The van der Waals surface area contributed by atoms with E-state index in [4.69, 9.17) is 5.73 Å². The van der Waals surface area contributed by atoms with Crippen LogP contribution in [0.5, 0.6) is 0 Å². The minimum Gasteiger partial charge on any atom is -0.399 e. The Balaban J connectivity index is 2.55. The number of nitrogen functional groups attached to an aromatic ring is 1. The van der Waals surface area contributed by atoms with Crippen molar-refractivity contribution in [1.82, 2.24) is 9.78 Å². The fraction of sp³-hybridized carbons (Fsp3) is 0.417. The second-order valence-electron chi connectivity index (χ2n) is 3.88. The van der Waals surface area contributed by atoms with Crippen LogP contribution in [-0.2, 0) is 0 Å². The lowest BCUT2D eigenvalue weighted by molar-refractivity contribution is 0.441. The summed E-state index contributed by atoms with van der Waals surface area (Å²) in [4.78, 5) is 0. The lowest BCUT2D eigenvalue weighted by Gasteiger charge is -2.14. The number of hydrogen-bond acceptors (Lipinski definition) is 2. The lowest BCUT2D eigenvalue weighted by Crippen LogP contribution is -2.08. The van der Waals surface area contributed by atoms with Crippen LogP contribution in [0.15, 0.2) is 24.4 Å². The molecule has 1 aromatic carbocycles. The van der Waals surface area contributed by atoms with Gasteiger partial charge in [-0.3, -0.25) is 4.68 Å². The zero-order valence-electron chi connectivity index (χ0n) is 9.27. The molecule has 3 heteroatoms. The third-order valence-corrected chi connectivity index (χ3v) is 2.91. The molecule has 0 bridgehead atoms. The maximum atomic E-state index is 5.79. The summed E-state index contributed by atoms with van der Waals surface area (Å²) < 4.78 is 2.09. The van der Waals surface area contributed by atoms with Crippen molar-refractivity contribution in [3.05, 3.63) is 24.4 Å². The van der Waals surface area contributed by atoms with Gasteiger partial charge in [-0.15, -0.1) is 0 Å². The summed E-state index contributed by atoms with van der Waals surface area (Å²) >= 11 is 0. The van der Waals surface area contributed by atoms with E-state index in [2.05, 4.69) is 23.6 Å². The van der Waals surface area contributed by atoms with Gasteiger partial charge in [-0.1, -0.05) is 13.8 Å². The summed E-state index contributed by atoms with van der Waals surface area (Å²) in [5.41, 5.74) is 7.74. The molecular formula is C12H17N3. The second kappa shape index (κ2) is 3.93. The molecule has 3 nitrogen and oxygen atoms in total. The van der Waals surface area contributed by atoms with E-state index in [1.807, 2.05) is 24.4 Å². The molecular weight excluding hydrogens is 186 g/mol. The van der Waals surface area contributed by atoms with Crippen LogP contribution in [0.4, 0.5) is 5.69 Å². The van der Waals surface area contributed by atoms with Crippen LogP contribution >= 0.6 is 0 Å². The minimum absolute atomic E-state index is 0.476. The molecule has 0 fully saturated rings. The van der Waals surface area contributed by atoms with E-state index in [1.165, 1.54) is 0 Å². The Morgan fingerprint density at radius 3 is 2.73 bits per heavy atom. The summed E-state index contributed by atoms with van der Waals surface area (Å²) in [7, 11) is 0. The van der Waals surface area contributed by atoms with Gasteiger partial charge in [0.25, 0.3) is 0 Å². The molecule has 2 rings (SSSR count). The van der Waals surface area contributed by atoms with Gasteiger partial charge in [0.1, 0.15) is 0 Å². The van der Waals surface area contributed by atoms with Crippen LogP contribution in [0, 0.1) is 0 Å². The first kappa shape index (κ1) is 10.0. The molecule has 0 atom stereocenters. The maximum absolute atomic E-state index is 5.79. The van der Waals surface area contributed by atoms with Crippen molar-refractivity contribution in [3.8, 4) is 0 Å². The summed E-state index contributed by atoms with van der Waals surface area (Å²) in [6.07, 6.45) is 4.11. The first-order valence-corrected chi connectivity index (χ1v) is 5.49. The summed E-state index contributed by atoms with van der Waals surface area (Å²) in [5, 5.41) is 5.60. The van der Waals surface area contributed by atoms with E-state index in [1.54, 1.807) is 0 Å². The van der Waals surface area contributed by atoms with Crippen LogP contribution in [0.25, 0.3) is 10.9 Å². The van der Waals surface area contributed by atoms with Gasteiger partial charge >= 0.3 is 0 Å². The van der Waals surface area contributed by atoms with Crippen LogP contribution in [0.1, 0.15) is 32.7 Å². The van der Waals surface area contributed by atoms with E-state index >= 15 is 0 Å². The van der Waals surface area contributed by atoms with Gasteiger partial charge < -0.3 is 5.73 Å². The van der Waals surface area contributed by atoms with Gasteiger partial charge in [0.15, 0.2) is 0 Å². The van der Waals surface area contributed by atoms with Crippen molar-refractivity contribution in [2.24, 2.45) is 0 Å². The Bertz CT molecular complexity index is 455. The molecule has 2 aromatic rings. The number of hydrogen-bond donors (Lipinski definition) is 1. The molecule has 2 N–H and O–H groups in total. The van der Waals surface area contributed by atoms with Gasteiger partial charge in [0.05, 0.1) is 17.8 Å². The average molecular weight is 203 g/mol. The Kier molecular flexibility index (Phi) is 2.62. The van der Waals surface area contributed by atoms with Crippen molar-refractivity contribution in [3.63, 3.8) is 0 Å². The molecule has 0 radical (unpaired) electrons. The Morgan fingerprint density at radius 2 is 2.07 bits per heavy atom. The molecule has 80 valence electrons. The fourth-order valence-corrected chi connectivity index (χ4v) is 1.98. The molecule has 0 amide bonds. The van der Waals surface area contributed by atoms with Crippen LogP contribution in [0.3, 0.4) is 0 Å². The Hall–Kier alpha value is -1.51. The SMILES string of the molecule is CCC(CC)n1ncc2ccc(N)cc21. The number of aromatic nitrogens is 2. The molecule has 0 spiro atoms. The number of nitrogens with two attached hydrogens (primary N) is 1. The van der Waals surface area contributed by atoms with E-state index in [0.29, 0.717) is 6.04 Å². The van der Waals surface area contributed by atoms with E-state index < -0.39 is 0 Å². The Labute approximate surface area is 89.9 Å². The molecule has 0 unspecified atom stereocenters. The van der Waals surface area contributed by atoms with Crippen molar-refractivity contribution in [2.45, 2.75) is 32.7 Å². The van der Waals surface area contributed by atoms with Crippen LogP contribution in [-0.4, -0.2) is 9.78 Å². The first-order valence-electron chi connectivity index (χ1n) is 5.49. The highest BCUT2D eigenvalue weighted by atomic mass is 15.3. The molecule has 0 aliphatic heterocycles. The van der Waals surface area contributed by atoms with Crippen molar-refractivity contribution < 1.29 is 0 Å². The molecule has 0 aliphatic rings. The van der Waals surface area contributed by atoms with Gasteiger partial charge in [-0.25, -0.2) is 0 Å². The maximum Gasteiger partial charge on any atom is 0.0706 e. The largest absolute Gasteiger partial charge is 0.399 e. The van der Waals surface area contributed by atoms with Gasteiger partial charge in [-0.05, 0) is 31.0 Å². The minimum atomic E-state index is 0.476. The summed E-state index contributed by atoms with van der Waals surface area (Å²) in [6, 6.07) is 6.42. The predicted octanol–water partition coefficient (Wildman–Crippen LogP) is 2.98. The van der Waals surface area contributed by atoms with Gasteiger partial charge in [0, 0.05) is 11.1 Å². The average Bonchev–Trinajstić information content (AvgIpc) is 2.64. The number of nitrogens with zero attached hydrogens (tertiary/aromatic N) is 2. The predicted molar refractivity (Wildman–Crippen MR) is 63.8 cm³/mol. The highest BCUT2D eigenvalue weighted by molar-refractivity contribution is 5.81. The number of benzene rings is 1. The van der Waals surface area contributed by atoms with E-state index in [0.717, 1.165) is 29.4 Å². The number of rotatable bonds is 3. The smallest absolute Gasteiger partial charge is 0.0706 e. The second-order valence-corrected chi connectivity index (χ2v) is 3.88. The molecule has 15 heavy (non-hydrogen) atoms.